The minimum absolute atomic E-state index is 0.0106. The number of ether oxygens (including phenoxy) is 1. The van der Waals surface area contributed by atoms with Crippen LogP contribution in [-0.2, 0) is 10.0 Å². The predicted octanol–water partition coefficient (Wildman–Crippen LogP) is 2.85. The highest BCUT2D eigenvalue weighted by atomic mass is 32.2. The molecule has 0 saturated carbocycles. The first-order valence-corrected chi connectivity index (χ1v) is 12.0. The number of aromatic nitrogens is 4. The molecule has 3 heterocycles. The van der Waals surface area contributed by atoms with Crippen LogP contribution in [-0.4, -0.2) is 51.9 Å². The summed E-state index contributed by atoms with van der Waals surface area (Å²) in [5.41, 5.74) is 0. The smallest absolute Gasteiger partial charge is 0.234 e. The van der Waals surface area contributed by atoms with Gasteiger partial charge in [-0.1, -0.05) is 36.5 Å². The molecule has 0 aliphatic carbocycles. The van der Waals surface area contributed by atoms with Crippen LogP contribution in [0.2, 0.25) is 0 Å². The minimum atomic E-state index is -3.21. The monoisotopic (exact) mass is 421 g/mol. The summed E-state index contributed by atoms with van der Waals surface area (Å²) < 4.78 is 33.2. The molecule has 0 bridgehead atoms. The fourth-order valence-corrected chi connectivity index (χ4v) is 5.33. The Balaban J connectivity index is 1.59. The second kappa shape index (κ2) is 7.76. The van der Waals surface area contributed by atoms with Crippen molar-refractivity contribution in [2.45, 2.75) is 38.2 Å². The van der Waals surface area contributed by atoms with Gasteiger partial charge < -0.3 is 4.74 Å². The van der Waals surface area contributed by atoms with Crippen LogP contribution in [0.25, 0.3) is 4.96 Å². The fourth-order valence-electron chi connectivity index (χ4n) is 3.46. The van der Waals surface area contributed by atoms with Gasteiger partial charge in [0.05, 0.1) is 6.26 Å². The zero-order valence-corrected chi connectivity index (χ0v) is 17.5. The molecule has 2 atom stereocenters. The van der Waals surface area contributed by atoms with Crippen LogP contribution < -0.4 is 4.74 Å². The third-order valence-corrected chi connectivity index (χ3v) is 7.18. The summed E-state index contributed by atoms with van der Waals surface area (Å²) in [5.74, 6) is 1.51. The molecule has 4 rings (SSSR count). The average Bonchev–Trinajstić information content (AvgIpc) is 3.27. The lowest BCUT2D eigenvalue weighted by Crippen LogP contribution is -2.38. The number of para-hydroxylation sites is 1. The lowest BCUT2D eigenvalue weighted by molar-refractivity contribution is 0.199. The minimum Gasteiger partial charge on any atom is -0.483 e. The second-order valence-electron chi connectivity index (χ2n) is 6.98. The standard InChI is InChI=1S/C18H23N5O3S2/c1-3-15(26-14-9-5-4-6-10-14)17-21-23-16(19-20-18(23)27-17)13-8-7-11-22(12-13)28(2,24)25/h4-6,9-10,13,15H,3,7-8,11-12H2,1-2H3. The van der Waals surface area contributed by atoms with Crippen LogP contribution in [0.4, 0.5) is 0 Å². The molecule has 1 aliphatic heterocycles. The Morgan fingerprint density at radius 3 is 2.79 bits per heavy atom. The van der Waals surface area contributed by atoms with Gasteiger partial charge in [0.15, 0.2) is 16.9 Å². The van der Waals surface area contributed by atoms with Gasteiger partial charge in [-0.15, -0.1) is 10.2 Å². The molecule has 3 aromatic rings. The van der Waals surface area contributed by atoms with Crippen molar-refractivity contribution in [1.29, 1.82) is 0 Å². The van der Waals surface area contributed by atoms with Crippen molar-refractivity contribution in [3.63, 3.8) is 0 Å². The number of sulfonamides is 1. The number of piperidine rings is 1. The lowest BCUT2D eigenvalue weighted by atomic mass is 9.99. The summed E-state index contributed by atoms with van der Waals surface area (Å²) >= 11 is 1.46. The molecule has 1 aromatic carbocycles. The largest absolute Gasteiger partial charge is 0.483 e. The molecular weight excluding hydrogens is 398 g/mol. The first-order chi connectivity index (χ1) is 13.5. The van der Waals surface area contributed by atoms with Gasteiger partial charge in [-0.2, -0.15) is 9.61 Å². The Hall–Kier alpha value is -2.04. The van der Waals surface area contributed by atoms with E-state index in [9.17, 15) is 8.42 Å². The van der Waals surface area contributed by atoms with Gasteiger partial charge in [-0.05, 0) is 31.4 Å². The highest BCUT2D eigenvalue weighted by Crippen LogP contribution is 2.31. The van der Waals surface area contributed by atoms with E-state index in [4.69, 9.17) is 9.84 Å². The van der Waals surface area contributed by atoms with Crippen molar-refractivity contribution in [3.05, 3.63) is 41.2 Å². The Bertz CT molecular complexity index is 1050. The highest BCUT2D eigenvalue weighted by Gasteiger charge is 2.31. The van der Waals surface area contributed by atoms with Gasteiger partial charge in [0.25, 0.3) is 0 Å². The van der Waals surface area contributed by atoms with Crippen molar-refractivity contribution in [3.8, 4) is 5.75 Å². The quantitative estimate of drug-likeness (QED) is 0.608. The number of hydrogen-bond donors (Lipinski definition) is 0. The highest BCUT2D eigenvalue weighted by molar-refractivity contribution is 7.88. The van der Waals surface area contributed by atoms with E-state index < -0.39 is 10.0 Å². The van der Waals surface area contributed by atoms with Gasteiger partial charge in [0.1, 0.15) is 5.75 Å². The molecule has 1 aliphatic rings. The fraction of sp³-hybridized carbons (Fsp3) is 0.500. The van der Waals surface area contributed by atoms with E-state index >= 15 is 0 Å². The van der Waals surface area contributed by atoms with E-state index in [2.05, 4.69) is 17.1 Å². The van der Waals surface area contributed by atoms with Gasteiger partial charge in [0, 0.05) is 19.0 Å². The van der Waals surface area contributed by atoms with Crippen molar-refractivity contribution >= 4 is 26.3 Å². The first kappa shape index (κ1) is 19.3. The van der Waals surface area contributed by atoms with Crippen LogP contribution in [0.1, 0.15) is 49.0 Å². The summed E-state index contributed by atoms with van der Waals surface area (Å²) in [6.45, 7) is 3.04. The summed E-state index contributed by atoms with van der Waals surface area (Å²) in [6.07, 6.45) is 3.54. The van der Waals surface area contributed by atoms with Gasteiger partial charge in [-0.25, -0.2) is 12.7 Å². The van der Waals surface area contributed by atoms with Crippen molar-refractivity contribution < 1.29 is 13.2 Å². The summed E-state index contributed by atoms with van der Waals surface area (Å²) in [7, 11) is -3.21. The average molecular weight is 422 g/mol. The van der Waals surface area contributed by atoms with E-state index in [-0.39, 0.29) is 12.0 Å². The zero-order chi connectivity index (χ0) is 19.7. The van der Waals surface area contributed by atoms with E-state index in [0.29, 0.717) is 18.1 Å². The van der Waals surface area contributed by atoms with Gasteiger partial charge in [-0.3, -0.25) is 0 Å². The van der Waals surface area contributed by atoms with E-state index in [1.165, 1.54) is 21.9 Å². The zero-order valence-electron chi connectivity index (χ0n) is 15.9. The molecule has 0 amide bonds. The summed E-state index contributed by atoms with van der Waals surface area (Å²) in [5, 5.41) is 14.1. The number of benzene rings is 1. The van der Waals surface area contributed by atoms with Crippen molar-refractivity contribution in [2.24, 2.45) is 0 Å². The molecule has 8 nitrogen and oxygen atoms in total. The third kappa shape index (κ3) is 3.89. The second-order valence-corrected chi connectivity index (χ2v) is 9.95. The molecular formula is C18H23N5O3S2. The molecule has 2 aromatic heterocycles. The third-order valence-electron chi connectivity index (χ3n) is 4.92. The summed E-state index contributed by atoms with van der Waals surface area (Å²) in [6, 6.07) is 9.68. The lowest BCUT2D eigenvalue weighted by Gasteiger charge is -2.29. The van der Waals surface area contributed by atoms with Crippen molar-refractivity contribution in [1.82, 2.24) is 24.1 Å². The van der Waals surface area contributed by atoms with Gasteiger partial charge >= 0.3 is 0 Å². The van der Waals surface area contributed by atoms with Crippen LogP contribution in [0.3, 0.4) is 0 Å². The Morgan fingerprint density at radius 1 is 1.29 bits per heavy atom. The molecule has 2 unspecified atom stereocenters. The molecule has 10 heteroatoms. The van der Waals surface area contributed by atoms with Crippen molar-refractivity contribution in [2.75, 3.05) is 19.3 Å². The molecule has 0 N–H and O–H groups in total. The maximum Gasteiger partial charge on any atom is 0.234 e. The number of hydrogen-bond acceptors (Lipinski definition) is 7. The van der Waals surface area contributed by atoms with E-state index in [0.717, 1.165) is 35.8 Å². The van der Waals surface area contributed by atoms with Crippen LogP contribution in [0.5, 0.6) is 5.75 Å². The van der Waals surface area contributed by atoms with Crippen LogP contribution >= 0.6 is 11.3 Å². The maximum absolute atomic E-state index is 11.9. The molecule has 150 valence electrons. The normalized spacial score (nSPS) is 19.7. The Morgan fingerprint density at radius 2 is 2.07 bits per heavy atom. The Labute approximate surface area is 168 Å². The summed E-state index contributed by atoms with van der Waals surface area (Å²) in [4.78, 5) is 0.705. The number of rotatable bonds is 6. The molecule has 1 saturated heterocycles. The maximum atomic E-state index is 11.9. The number of nitrogens with zero attached hydrogens (tertiary/aromatic N) is 5. The van der Waals surface area contributed by atoms with E-state index in [1.807, 2.05) is 30.3 Å². The number of fused-ring (bicyclic) bond motifs is 1. The first-order valence-electron chi connectivity index (χ1n) is 9.34. The predicted molar refractivity (Wildman–Crippen MR) is 107 cm³/mol. The topological polar surface area (TPSA) is 89.7 Å². The molecule has 28 heavy (non-hydrogen) atoms. The molecule has 0 radical (unpaired) electrons. The Kier molecular flexibility index (Phi) is 5.35. The molecule has 1 fully saturated rings. The van der Waals surface area contributed by atoms with Crippen LogP contribution in [0, 0.1) is 0 Å². The van der Waals surface area contributed by atoms with E-state index in [1.54, 1.807) is 4.52 Å². The molecule has 0 spiro atoms. The SMILES string of the molecule is CCC(Oc1ccccc1)c1nn2c(C3CCCN(S(C)(=O)=O)C3)nnc2s1. The van der Waals surface area contributed by atoms with Gasteiger partial charge in [0.2, 0.25) is 15.0 Å². The van der Waals surface area contributed by atoms with Crippen LogP contribution in [0.15, 0.2) is 30.3 Å².